The lowest BCUT2D eigenvalue weighted by Crippen LogP contribution is -2.18. The predicted molar refractivity (Wildman–Crippen MR) is 72.3 cm³/mol. The van der Waals surface area contributed by atoms with Gasteiger partial charge in [-0.25, -0.2) is 0 Å². The molecule has 2 rings (SSSR count). The van der Waals surface area contributed by atoms with E-state index in [-0.39, 0.29) is 6.04 Å². The maximum atomic E-state index is 9.45. The minimum Gasteiger partial charge on any atom is -0.508 e. The standard InChI is InChI=1S/C15H18N2O/c1-11-6-7-16-9-14(11)10-17-12(2)13-4-3-5-15(18)8-13/h3-9,12,17-18H,10H2,1-2H3. The Morgan fingerprint density at radius 2 is 2.17 bits per heavy atom. The lowest BCUT2D eigenvalue weighted by atomic mass is 10.1. The van der Waals surface area contributed by atoms with Gasteiger partial charge in [0.05, 0.1) is 0 Å². The second-order valence-electron chi connectivity index (χ2n) is 4.50. The third-order valence-corrected chi connectivity index (χ3v) is 3.12. The number of nitrogens with one attached hydrogen (secondary N) is 1. The first kappa shape index (κ1) is 12.6. The number of hydrogen-bond donors (Lipinski definition) is 2. The van der Waals surface area contributed by atoms with Crippen LogP contribution in [0.25, 0.3) is 0 Å². The van der Waals surface area contributed by atoms with Gasteiger partial charge < -0.3 is 10.4 Å². The fourth-order valence-corrected chi connectivity index (χ4v) is 1.86. The Labute approximate surface area is 108 Å². The van der Waals surface area contributed by atoms with Crippen molar-refractivity contribution >= 4 is 0 Å². The number of benzene rings is 1. The van der Waals surface area contributed by atoms with E-state index in [0.717, 1.165) is 12.1 Å². The van der Waals surface area contributed by atoms with E-state index in [1.165, 1.54) is 11.1 Å². The molecule has 3 nitrogen and oxygen atoms in total. The zero-order valence-electron chi connectivity index (χ0n) is 10.7. The summed E-state index contributed by atoms with van der Waals surface area (Å²) in [4.78, 5) is 4.13. The van der Waals surface area contributed by atoms with Gasteiger partial charge in [-0.05, 0) is 48.7 Å². The molecule has 2 N–H and O–H groups in total. The Balaban J connectivity index is 2.00. The largest absolute Gasteiger partial charge is 0.508 e. The molecule has 2 aromatic rings. The second kappa shape index (κ2) is 5.65. The van der Waals surface area contributed by atoms with Crippen molar-refractivity contribution in [2.24, 2.45) is 0 Å². The van der Waals surface area contributed by atoms with Crippen LogP contribution >= 0.6 is 0 Å². The molecule has 0 aliphatic carbocycles. The molecule has 18 heavy (non-hydrogen) atoms. The first-order valence-corrected chi connectivity index (χ1v) is 6.08. The molecular weight excluding hydrogens is 224 g/mol. The van der Waals surface area contributed by atoms with Crippen LogP contribution < -0.4 is 5.32 Å². The molecule has 0 aliphatic heterocycles. The number of rotatable bonds is 4. The molecule has 0 radical (unpaired) electrons. The Morgan fingerprint density at radius 3 is 2.89 bits per heavy atom. The molecule has 0 saturated heterocycles. The maximum Gasteiger partial charge on any atom is 0.115 e. The molecule has 3 heteroatoms. The highest BCUT2D eigenvalue weighted by atomic mass is 16.3. The van der Waals surface area contributed by atoms with Crippen molar-refractivity contribution in [2.45, 2.75) is 26.4 Å². The predicted octanol–water partition coefficient (Wildman–Crippen LogP) is 2.95. The van der Waals surface area contributed by atoms with Crippen LogP contribution in [0, 0.1) is 6.92 Å². The minimum atomic E-state index is 0.191. The smallest absolute Gasteiger partial charge is 0.115 e. The normalized spacial score (nSPS) is 12.3. The summed E-state index contributed by atoms with van der Waals surface area (Å²) in [5.41, 5.74) is 3.52. The van der Waals surface area contributed by atoms with Crippen LogP contribution in [0.1, 0.15) is 29.7 Å². The van der Waals surface area contributed by atoms with Crippen LogP contribution in [-0.2, 0) is 6.54 Å². The van der Waals surface area contributed by atoms with Gasteiger partial charge in [-0.2, -0.15) is 0 Å². The van der Waals surface area contributed by atoms with E-state index in [1.54, 1.807) is 18.3 Å². The maximum absolute atomic E-state index is 9.45. The summed E-state index contributed by atoms with van der Waals surface area (Å²) < 4.78 is 0. The highest BCUT2D eigenvalue weighted by Crippen LogP contribution is 2.18. The highest BCUT2D eigenvalue weighted by molar-refractivity contribution is 5.29. The first-order chi connectivity index (χ1) is 8.66. The van der Waals surface area contributed by atoms with E-state index in [2.05, 4.69) is 24.1 Å². The molecule has 1 aromatic heterocycles. The third kappa shape index (κ3) is 3.08. The molecule has 0 fully saturated rings. The quantitative estimate of drug-likeness (QED) is 0.866. The highest BCUT2D eigenvalue weighted by Gasteiger charge is 2.06. The number of aryl methyl sites for hydroxylation is 1. The van der Waals surface area contributed by atoms with Gasteiger partial charge in [0.1, 0.15) is 5.75 Å². The van der Waals surface area contributed by atoms with Crippen LogP contribution in [0.4, 0.5) is 0 Å². The zero-order chi connectivity index (χ0) is 13.0. The summed E-state index contributed by atoms with van der Waals surface area (Å²) in [5.74, 6) is 0.304. The number of nitrogens with zero attached hydrogens (tertiary/aromatic N) is 1. The fourth-order valence-electron chi connectivity index (χ4n) is 1.86. The SMILES string of the molecule is Cc1ccncc1CNC(C)c1cccc(O)c1. The van der Waals surface area contributed by atoms with E-state index in [0.29, 0.717) is 5.75 Å². The Morgan fingerprint density at radius 1 is 1.33 bits per heavy atom. The van der Waals surface area contributed by atoms with E-state index in [1.807, 2.05) is 24.4 Å². The Hall–Kier alpha value is -1.87. The van der Waals surface area contributed by atoms with Crippen LogP contribution in [0.3, 0.4) is 0 Å². The van der Waals surface area contributed by atoms with Crippen molar-refractivity contribution in [1.29, 1.82) is 0 Å². The summed E-state index contributed by atoms with van der Waals surface area (Å²) in [6, 6.07) is 9.54. The molecule has 0 saturated carbocycles. The number of pyridine rings is 1. The first-order valence-electron chi connectivity index (χ1n) is 6.08. The van der Waals surface area contributed by atoms with Crippen LogP contribution in [-0.4, -0.2) is 10.1 Å². The number of aromatic nitrogens is 1. The van der Waals surface area contributed by atoms with Gasteiger partial charge in [0.2, 0.25) is 0 Å². The third-order valence-electron chi connectivity index (χ3n) is 3.12. The van der Waals surface area contributed by atoms with Crippen molar-refractivity contribution in [3.05, 3.63) is 59.4 Å². The second-order valence-corrected chi connectivity index (χ2v) is 4.50. The van der Waals surface area contributed by atoms with Crippen molar-refractivity contribution in [2.75, 3.05) is 0 Å². The summed E-state index contributed by atoms with van der Waals surface area (Å²) in [6.07, 6.45) is 3.69. The van der Waals surface area contributed by atoms with Crippen LogP contribution in [0.15, 0.2) is 42.7 Å². The van der Waals surface area contributed by atoms with E-state index in [4.69, 9.17) is 0 Å². The lowest BCUT2D eigenvalue weighted by Gasteiger charge is -2.15. The molecule has 0 spiro atoms. The molecule has 1 heterocycles. The molecule has 1 atom stereocenters. The number of aromatic hydroxyl groups is 1. The zero-order valence-corrected chi connectivity index (χ0v) is 10.7. The van der Waals surface area contributed by atoms with Gasteiger partial charge in [0.25, 0.3) is 0 Å². The van der Waals surface area contributed by atoms with Gasteiger partial charge in [0, 0.05) is 25.0 Å². The fraction of sp³-hybridized carbons (Fsp3) is 0.267. The average Bonchev–Trinajstić information content (AvgIpc) is 2.37. The monoisotopic (exact) mass is 242 g/mol. The number of phenols is 1. The molecule has 1 aromatic carbocycles. The Kier molecular flexibility index (Phi) is 3.95. The average molecular weight is 242 g/mol. The van der Waals surface area contributed by atoms with Gasteiger partial charge in [-0.15, -0.1) is 0 Å². The molecular formula is C15H18N2O. The van der Waals surface area contributed by atoms with Crippen molar-refractivity contribution < 1.29 is 5.11 Å². The Bertz CT molecular complexity index is 525. The number of phenolic OH excluding ortho intramolecular Hbond substituents is 1. The topological polar surface area (TPSA) is 45.2 Å². The summed E-state index contributed by atoms with van der Waals surface area (Å²) in [6.45, 7) is 4.94. The van der Waals surface area contributed by atoms with Crippen molar-refractivity contribution in [1.82, 2.24) is 10.3 Å². The number of hydrogen-bond acceptors (Lipinski definition) is 3. The molecule has 94 valence electrons. The van der Waals surface area contributed by atoms with Crippen molar-refractivity contribution in [3.63, 3.8) is 0 Å². The van der Waals surface area contributed by atoms with Gasteiger partial charge >= 0.3 is 0 Å². The summed E-state index contributed by atoms with van der Waals surface area (Å²) in [7, 11) is 0. The van der Waals surface area contributed by atoms with Crippen LogP contribution in [0.2, 0.25) is 0 Å². The van der Waals surface area contributed by atoms with Crippen LogP contribution in [0.5, 0.6) is 5.75 Å². The van der Waals surface area contributed by atoms with E-state index < -0.39 is 0 Å². The van der Waals surface area contributed by atoms with E-state index in [9.17, 15) is 5.11 Å². The van der Waals surface area contributed by atoms with Crippen molar-refractivity contribution in [3.8, 4) is 5.75 Å². The molecule has 0 bridgehead atoms. The molecule has 1 unspecified atom stereocenters. The summed E-state index contributed by atoms with van der Waals surface area (Å²) >= 11 is 0. The minimum absolute atomic E-state index is 0.191. The lowest BCUT2D eigenvalue weighted by molar-refractivity contribution is 0.472. The van der Waals surface area contributed by atoms with Gasteiger partial charge in [0.15, 0.2) is 0 Å². The van der Waals surface area contributed by atoms with Gasteiger partial charge in [-0.1, -0.05) is 12.1 Å². The molecule has 0 aliphatic rings. The molecule has 0 amide bonds. The summed E-state index contributed by atoms with van der Waals surface area (Å²) in [5, 5.41) is 12.9. The van der Waals surface area contributed by atoms with E-state index >= 15 is 0 Å². The van der Waals surface area contributed by atoms with Gasteiger partial charge in [-0.3, -0.25) is 4.98 Å².